The highest BCUT2D eigenvalue weighted by Crippen LogP contribution is 2.27. The van der Waals surface area contributed by atoms with Crippen LogP contribution in [0.2, 0.25) is 0 Å². The zero-order chi connectivity index (χ0) is 10.8. The lowest BCUT2D eigenvalue weighted by atomic mass is 10.4. The molecule has 2 aromatic heterocycles. The van der Waals surface area contributed by atoms with E-state index in [2.05, 4.69) is 25.5 Å². The predicted octanol–water partition coefficient (Wildman–Crippen LogP) is 0.0419. The number of anilines is 1. The molecule has 7 nitrogen and oxygen atoms in total. The van der Waals surface area contributed by atoms with E-state index in [4.69, 9.17) is 5.73 Å². The highest BCUT2D eigenvalue weighted by molar-refractivity contribution is 7.99. The predicted molar refractivity (Wildman–Crippen MR) is 54.1 cm³/mol. The first-order valence-corrected chi connectivity index (χ1v) is 4.97. The Morgan fingerprint density at radius 3 is 2.87 bits per heavy atom. The van der Waals surface area contributed by atoms with E-state index in [1.165, 1.54) is 18.1 Å². The second-order valence-electron chi connectivity index (χ2n) is 2.88. The molecule has 0 unspecified atom stereocenters. The van der Waals surface area contributed by atoms with E-state index < -0.39 is 0 Å². The van der Waals surface area contributed by atoms with E-state index >= 15 is 0 Å². The summed E-state index contributed by atoms with van der Waals surface area (Å²) in [6, 6.07) is 0. The molecule has 78 valence electrons. The molecule has 2 heterocycles. The van der Waals surface area contributed by atoms with Crippen LogP contribution in [0.5, 0.6) is 0 Å². The molecular formula is C7H9N7S. The van der Waals surface area contributed by atoms with Crippen molar-refractivity contribution in [2.75, 3.05) is 5.73 Å². The number of hydrogen-bond donors (Lipinski definition) is 1. The summed E-state index contributed by atoms with van der Waals surface area (Å²) in [6.07, 6.45) is 1.43. The van der Waals surface area contributed by atoms with Crippen LogP contribution in [0.3, 0.4) is 0 Å². The van der Waals surface area contributed by atoms with E-state index in [0.717, 1.165) is 10.6 Å². The standard InChI is InChI=1S/C7H9N7S/c1-4-5(8)9-3-10-6(4)15-7-11-12-13-14(7)2/h3H,1-2H3,(H2,8,9,10). The van der Waals surface area contributed by atoms with Crippen LogP contribution >= 0.6 is 11.8 Å². The highest BCUT2D eigenvalue weighted by Gasteiger charge is 2.10. The quantitative estimate of drug-likeness (QED) is 0.718. The second kappa shape index (κ2) is 3.81. The first kappa shape index (κ1) is 9.84. The van der Waals surface area contributed by atoms with Gasteiger partial charge < -0.3 is 5.73 Å². The fourth-order valence-corrected chi connectivity index (χ4v) is 1.72. The van der Waals surface area contributed by atoms with Crippen molar-refractivity contribution in [1.29, 1.82) is 0 Å². The van der Waals surface area contributed by atoms with E-state index in [9.17, 15) is 0 Å². The molecule has 2 aromatic rings. The van der Waals surface area contributed by atoms with E-state index in [-0.39, 0.29) is 0 Å². The third-order valence-corrected chi connectivity index (χ3v) is 2.98. The van der Waals surface area contributed by atoms with Crippen LogP contribution in [-0.4, -0.2) is 30.2 Å². The maximum absolute atomic E-state index is 5.66. The van der Waals surface area contributed by atoms with Gasteiger partial charge >= 0.3 is 0 Å². The fourth-order valence-electron chi connectivity index (χ4n) is 0.944. The summed E-state index contributed by atoms with van der Waals surface area (Å²) in [7, 11) is 1.77. The molecule has 0 aliphatic heterocycles. The average molecular weight is 223 g/mol. The Bertz CT molecular complexity index is 480. The number of nitrogen functional groups attached to an aromatic ring is 1. The maximum atomic E-state index is 5.66. The van der Waals surface area contributed by atoms with Crippen LogP contribution < -0.4 is 5.73 Å². The summed E-state index contributed by atoms with van der Waals surface area (Å²) in [5, 5.41) is 12.5. The number of tetrazole rings is 1. The molecule has 2 N–H and O–H groups in total. The Balaban J connectivity index is 2.33. The van der Waals surface area contributed by atoms with Crippen molar-refractivity contribution in [3.8, 4) is 0 Å². The molecule has 0 aromatic carbocycles. The van der Waals surface area contributed by atoms with Gasteiger partial charge in [-0.1, -0.05) is 0 Å². The van der Waals surface area contributed by atoms with Gasteiger partial charge in [-0.3, -0.25) is 0 Å². The van der Waals surface area contributed by atoms with Crippen molar-refractivity contribution in [1.82, 2.24) is 30.2 Å². The van der Waals surface area contributed by atoms with Gasteiger partial charge in [-0.25, -0.2) is 14.6 Å². The first-order chi connectivity index (χ1) is 7.18. The van der Waals surface area contributed by atoms with Crippen LogP contribution in [0.4, 0.5) is 5.82 Å². The lowest BCUT2D eigenvalue weighted by Crippen LogP contribution is -1.99. The van der Waals surface area contributed by atoms with Gasteiger partial charge in [-0.05, 0) is 29.1 Å². The molecule has 0 fully saturated rings. The normalized spacial score (nSPS) is 10.5. The van der Waals surface area contributed by atoms with E-state index in [1.54, 1.807) is 11.7 Å². The largest absolute Gasteiger partial charge is 0.383 e. The molecule has 0 radical (unpaired) electrons. The minimum Gasteiger partial charge on any atom is -0.383 e. The molecule has 15 heavy (non-hydrogen) atoms. The third-order valence-electron chi connectivity index (χ3n) is 1.85. The molecule has 0 bridgehead atoms. The Kier molecular flexibility index (Phi) is 2.50. The Morgan fingerprint density at radius 1 is 1.40 bits per heavy atom. The van der Waals surface area contributed by atoms with Crippen LogP contribution in [-0.2, 0) is 7.05 Å². The minimum absolute atomic E-state index is 0.475. The Hall–Kier alpha value is -1.70. The van der Waals surface area contributed by atoms with Gasteiger partial charge in [0.15, 0.2) is 0 Å². The van der Waals surface area contributed by atoms with Gasteiger partial charge in [0, 0.05) is 12.6 Å². The molecule has 0 atom stereocenters. The lowest BCUT2D eigenvalue weighted by molar-refractivity contribution is 0.664. The first-order valence-electron chi connectivity index (χ1n) is 4.15. The van der Waals surface area contributed by atoms with Crippen molar-refractivity contribution >= 4 is 17.6 Å². The molecule has 0 spiro atoms. The van der Waals surface area contributed by atoms with Crippen LogP contribution in [0.15, 0.2) is 16.5 Å². The number of nitrogens with two attached hydrogens (primary N) is 1. The molecule has 0 amide bonds. The highest BCUT2D eigenvalue weighted by atomic mass is 32.2. The van der Waals surface area contributed by atoms with Crippen molar-refractivity contribution in [3.05, 3.63) is 11.9 Å². The van der Waals surface area contributed by atoms with Gasteiger partial charge in [0.2, 0.25) is 5.16 Å². The van der Waals surface area contributed by atoms with Gasteiger partial charge in [-0.15, -0.1) is 5.10 Å². The molecule has 0 saturated carbocycles. The maximum Gasteiger partial charge on any atom is 0.215 e. The molecule has 8 heteroatoms. The average Bonchev–Trinajstić information content (AvgIpc) is 2.60. The summed E-state index contributed by atoms with van der Waals surface area (Å²) in [4.78, 5) is 8.00. The Morgan fingerprint density at radius 2 is 2.20 bits per heavy atom. The van der Waals surface area contributed by atoms with Gasteiger partial charge in [0.25, 0.3) is 0 Å². The second-order valence-corrected chi connectivity index (χ2v) is 3.83. The van der Waals surface area contributed by atoms with Gasteiger partial charge in [-0.2, -0.15) is 0 Å². The summed E-state index contributed by atoms with van der Waals surface area (Å²) in [5.74, 6) is 0.475. The molecule has 2 rings (SSSR count). The summed E-state index contributed by atoms with van der Waals surface area (Å²) in [5.41, 5.74) is 6.50. The van der Waals surface area contributed by atoms with Gasteiger partial charge in [0.1, 0.15) is 17.2 Å². The summed E-state index contributed by atoms with van der Waals surface area (Å²) in [6.45, 7) is 1.86. The van der Waals surface area contributed by atoms with Crippen LogP contribution in [0, 0.1) is 6.92 Å². The van der Waals surface area contributed by atoms with E-state index in [1.807, 2.05) is 6.92 Å². The summed E-state index contributed by atoms with van der Waals surface area (Å²) >= 11 is 1.36. The molecule has 0 saturated heterocycles. The number of hydrogen-bond acceptors (Lipinski definition) is 7. The Labute approximate surface area is 90.1 Å². The zero-order valence-corrected chi connectivity index (χ0v) is 9.06. The third kappa shape index (κ3) is 1.89. The molecule has 0 aliphatic carbocycles. The van der Waals surface area contributed by atoms with Crippen molar-refractivity contribution < 1.29 is 0 Å². The van der Waals surface area contributed by atoms with Gasteiger partial charge in [0.05, 0.1) is 0 Å². The van der Waals surface area contributed by atoms with Crippen molar-refractivity contribution in [3.63, 3.8) is 0 Å². The number of rotatable bonds is 2. The molecular weight excluding hydrogens is 214 g/mol. The van der Waals surface area contributed by atoms with Crippen LogP contribution in [0.1, 0.15) is 5.56 Å². The van der Waals surface area contributed by atoms with Crippen molar-refractivity contribution in [2.45, 2.75) is 17.1 Å². The smallest absolute Gasteiger partial charge is 0.215 e. The summed E-state index contributed by atoms with van der Waals surface area (Å²) < 4.78 is 1.57. The topological polar surface area (TPSA) is 95.4 Å². The van der Waals surface area contributed by atoms with Crippen molar-refractivity contribution in [2.24, 2.45) is 7.05 Å². The zero-order valence-electron chi connectivity index (χ0n) is 8.25. The minimum atomic E-state index is 0.475. The lowest BCUT2D eigenvalue weighted by Gasteiger charge is -2.03. The number of aromatic nitrogens is 6. The number of nitrogens with zero attached hydrogens (tertiary/aromatic N) is 6. The molecule has 0 aliphatic rings. The number of aryl methyl sites for hydroxylation is 1. The monoisotopic (exact) mass is 223 g/mol. The van der Waals surface area contributed by atoms with Crippen LogP contribution in [0.25, 0.3) is 0 Å². The SMILES string of the molecule is Cc1c(N)ncnc1Sc1nnnn1C. The fraction of sp³-hybridized carbons (Fsp3) is 0.286. The van der Waals surface area contributed by atoms with E-state index in [0.29, 0.717) is 11.0 Å².